The summed E-state index contributed by atoms with van der Waals surface area (Å²) >= 11 is 15.2. The van der Waals surface area contributed by atoms with E-state index in [1.165, 1.54) is 12.1 Å². The first-order chi connectivity index (χ1) is 12.3. The van der Waals surface area contributed by atoms with Crippen LogP contribution in [0.15, 0.2) is 46.4 Å². The van der Waals surface area contributed by atoms with Crippen LogP contribution in [0.3, 0.4) is 0 Å². The molecule has 132 valence electrons. The standard InChI is InChI=1S/C18H11BrCl2N2O3/c1-9-6-11(3-4-13(9)19)23-17(25)12(16(24)22-18(23)26)7-10-2-5-14(20)15(21)8-10/h2-8H,1H3,(H,22,24,26)/b12-7+. The highest BCUT2D eigenvalue weighted by Gasteiger charge is 2.36. The van der Waals surface area contributed by atoms with Crippen molar-refractivity contribution < 1.29 is 14.4 Å². The lowest BCUT2D eigenvalue weighted by Gasteiger charge is -2.26. The molecule has 5 nitrogen and oxygen atoms in total. The lowest BCUT2D eigenvalue weighted by Crippen LogP contribution is -2.54. The van der Waals surface area contributed by atoms with Crippen molar-refractivity contribution in [3.63, 3.8) is 0 Å². The molecule has 1 N–H and O–H groups in total. The van der Waals surface area contributed by atoms with Crippen LogP contribution < -0.4 is 10.2 Å². The molecule has 0 saturated carbocycles. The van der Waals surface area contributed by atoms with Crippen LogP contribution in [0.25, 0.3) is 6.08 Å². The summed E-state index contributed by atoms with van der Waals surface area (Å²) in [6.45, 7) is 1.83. The molecule has 26 heavy (non-hydrogen) atoms. The van der Waals surface area contributed by atoms with Gasteiger partial charge >= 0.3 is 6.03 Å². The second-order valence-electron chi connectivity index (χ2n) is 5.56. The molecular formula is C18H11BrCl2N2O3. The topological polar surface area (TPSA) is 66.5 Å². The second-order valence-corrected chi connectivity index (χ2v) is 7.23. The number of barbiturate groups is 1. The van der Waals surface area contributed by atoms with Gasteiger partial charge in [0, 0.05) is 4.47 Å². The van der Waals surface area contributed by atoms with Crippen LogP contribution in [0.1, 0.15) is 11.1 Å². The fourth-order valence-corrected chi connectivity index (χ4v) is 2.98. The minimum absolute atomic E-state index is 0.177. The van der Waals surface area contributed by atoms with Gasteiger partial charge in [0.05, 0.1) is 15.7 Å². The third kappa shape index (κ3) is 3.53. The van der Waals surface area contributed by atoms with Gasteiger partial charge in [-0.15, -0.1) is 0 Å². The number of rotatable bonds is 2. The third-order valence-electron chi connectivity index (χ3n) is 3.76. The van der Waals surface area contributed by atoms with Crippen LogP contribution in [0, 0.1) is 6.92 Å². The van der Waals surface area contributed by atoms with E-state index >= 15 is 0 Å². The summed E-state index contributed by atoms with van der Waals surface area (Å²) in [4.78, 5) is 38.1. The van der Waals surface area contributed by atoms with Gasteiger partial charge in [0.15, 0.2) is 0 Å². The van der Waals surface area contributed by atoms with Crippen molar-refractivity contribution in [2.75, 3.05) is 4.90 Å². The van der Waals surface area contributed by atoms with Crippen LogP contribution in [-0.4, -0.2) is 17.8 Å². The number of benzene rings is 2. The van der Waals surface area contributed by atoms with E-state index in [9.17, 15) is 14.4 Å². The van der Waals surface area contributed by atoms with Crippen molar-refractivity contribution in [2.45, 2.75) is 6.92 Å². The molecule has 2 aromatic rings. The number of aryl methyl sites for hydroxylation is 1. The Morgan fingerprint density at radius 2 is 1.77 bits per heavy atom. The van der Waals surface area contributed by atoms with Crippen molar-refractivity contribution >= 4 is 68.7 Å². The smallest absolute Gasteiger partial charge is 0.273 e. The average Bonchev–Trinajstić information content (AvgIpc) is 2.57. The SMILES string of the molecule is Cc1cc(N2C(=O)NC(=O)/C(=C\c3ccc(Cl)c(Cl)c3)C2=O)ccc1Br. The van der Waals surface area contributed by atoms with Crippen molar-refractivity contribution in [1.29, 1.82) is 0 Å². The fraction of sp³-hybridized carbons (Fsp3) is 0.0556. The van der Waals surface area contributed by atoms with E-state index in [1.54, 1.807) is 30.3 Å². The molecule has 0 bridgehead atoms. The zero-order valence-corrected chi connectivity index (χ0v) is 16.4. The van der Waals surface area contributed by atoms with Gasteiger partial charge < -0.3 is 0 Å². The molecule has 2 aromatic carbocycles. The normalized spacial score (nSPS) is 16.2. The quantitative estimate of drug-likeness (QED) is 0.527. The number of nitrogens with one attached hydrogen (secondary N) is 1. The first-order valence-electron chi connectivity index (χ1n) is 7.40. The van der Waals surface area contributed by atoms with E-state index in [0.29, 0.717) is 21.3 Å². The Kier molecular flexibility index (Phi) is 5.18. The predicted molar refractivity (Wildman–Crippen MR) is 104 cm³/mol. The van der Waals surface area contributed by atoms with Gasteiger partial charge in [-0.3, -0.25) is 14.9 Å². The zero-order valence-electron chi connectivity index (χ0n) is 13.3. The minimum atomic E-state index is -0.798. The van der Waals surface area contributed by atoms with Crippen LogP contribution in [0.4, 0.5) is 10.5 Å². The van der Waals surface area contributed by atoms with Crippen molar-refractivity contribution in [3.05, 3.63) is 67.6 Å². The average molecular weight is 454 g/mol. The van der Waals surface area contributed by atoms with E-state index in [2.05, 4.69) is 21.2 Å². The molecule has 1 fully saturated rings. The molecule has 0 aliphatic carbocycles. The van der Waals surface area contributed by atoms with E-state index in [0.717, 1.165) is 14.9 Å². The Bertz CT molecular complexity index is 988. The molecule has 1 saturated heterocycles. The maximum atomic E-state index is 12.8. The van der Waals surface area contributed by atoms with E-state index in [4.69, 9.17) is 23.2 Å². The Hall–Kier alpha value is -2.15. The van der Waals surface area contributed by atoms with Crippen molar-refractivity contribution in [3.8, 4) is 0 Å². The van der Waals surface area contributed by atoms with Gasteiger partial charge in [-0.1, -0.05) is 45.2 Å². The van der Waals surface area contributed by atoms with Gasteiger partial charge in [-0.2, -0.15) is 0 Å². The molecule has 1 aliphatic rings. The first-order valence-corrected chi connectivity index (χ1v) is 8.95. The van der Waals surface area contributed by atoms with Crippen molar-refractivity contribution in [1.82, 2.24) is 5.32 Å². The van der Waals surface area contributed by atoms with Gasteiger partial charge in [-0.25, -0.2) is 9.69 Å². The molecule has 4 amide bonds. The summed E-state index contributed by atoms with van der Waals surface area (Å²) in [5.74, 6) is -1.48. The van der Waals surface area contributed by atoms with Gasteiger partial charge in [0.1, 0.15) is 5.57 Å². The fourth-order valence-electron chi connectivity index (χ4n) is 2.43. The summed E-state index contributed by atoms with van der Waals surface area (Å²) in [6.07, 6.45) is 1.37. The number of halogens is 3. The molecule has 0 unspecified atom stereocenters. The molecule has 0 radical (unpaired) electrons. The minimum Gasteiger partial charge on any atom is -0.273 e. The third-order valence-corrected chi connectivity index (χ3v) is 5.38. The highest BCUT2D eigenvalue weighted by Crippen LogP contribution is 2.28. The van der Waals surface area contributed by atoms with Crippen molar-refractivity contribution in [2.24, 2.45) is 0 Å². The molecule has 8 heteroatoms. The van der Waals surface area contributed by atoms with E-state index in [-0.39, 0.29) is 5.57 Å². The highest BCUT2D eigenvalue weighted by atomic mass is 79.9. The molecule has 1 aliphatic heterocycles. The zero-order chi connectivity index (χ0) is 19.0. The number of hydrogen-bond donors (Lipinski definition) is 1. The molecule has 3 rings (SSSR count). The number of imide groups is 2. The monoisotopic (exact) mass is 452 g/mol. The summed E-state index contributed by atoms with van der Waals surface area (Å²) in [5, 5.41) is 2.83. The summed E-state index contributed by atoms with van der Waals surface area (Å²) in [6, 6.07) is 8.92. The lowest BCUT2D eigenvalue weighted by atomic mass is 10.1. The maximum absolute atomic E-state index is 12.8. The number of carbonyl (C=O) groups excluding carboxylic acids is 3. The molecule has 1 heterocycles. The Labute approximate surface area is 167 Å². The van der Waals surface area contributed by atoms with Crippen LogP contribution in [-0.2, 0) is 9.59 Å². The van der Waals surface area contributed by atoms with Gasteiger partial charge in [-0.05, 0) is 54.5 Å². The Morgan fingerprint density at radius 3 is 2.42 bits per heavy atom. The van der Waals surface area contributed by atoms with Crippen LogP contribution in [0.5, 0.6) is 0 Å². The van der Waals surface area contributed by atoms with Crippen LogP contribution >= 0.6 is 39.1 Å². The van der Waals surface area contributed by atoms with Gasteiger partial charge in [0.25, 0.3) is 11.8 Å². The summed E-state index contributed by atoms with van der Waals surface area (Å²) < 4.78 is 0.841. The summed E-state index contributed by atoms with van der Waals surface area (Å²) in [5.41, 5.74) is 1.54. The van der Waals surface area contributed by atoms with E-state index in [1.807, 2.05) is 6.92 Å². The number of hydrogen-bond acceptors (Lipinski definition) is 3. The number of anilines is 1. The lowest BCUT2D eigenvalue weighted by molar-refractivity contribution is -0.122. The second kappa shape index (κ2) is 7.23. The predicted octanol–water partition coefficient (Wildman–Crippen LogP) is 4.73. The Morgan fingerprint density at radius 1 is 1.04 bits per heavy atom. The highest BCUT2D eigenvalue weighted by molar-refractivity contribution is 9.10. The first kappa shape index (κ1) is 18.6. The number of urea groups is 1. The summed E-state index contributed by atoms with van der Waals surface area (Å²) in [7, 11) is 0. The molecule has 0 atom stereocenters. The largest absolute Gasteiger partial charge is 0.335 e. The van der Waals surface area contributed by atoms with Gasteiger partial charge in [0.2, 0.25) is 0 Å². The number of amides is 4. The molecular weight excluding hydrogens is 443 g/mol. The van der Waals surface area contributed by atoms with Crippen LogP contribution in [0.2, 0.25) is 10.0 Å². The number of carbonyl (C=O) groups is 3. The van der Waals surface area contributed by atoms with E-state index < -0.39 is 17.8 Å². The molecule has 0 spiro atoms. The molecule has 0 aromatic heterocycles. The maximum Gasteiger partial charge on any atom is 0.335 e. The Balaban J connectivity index is 2.03. The number of nitrogens with zero attached hydrogens (tertiary/aromatic N) is 1.